The molecule has 0 aliphatic carbocycles. The minimum absolute atomic E-state index is 0.0815. The van der Waals surface area contributed by atoms with Crippen LogP contribution in [0.4, 0.5) is 14.5 Å². The molecule has 3 nitrogen and oxygen atoms in total. The van der Waals surface area contributed by atoms with Crippen LogP contribution >= 0.6 is 0 Å². The van der Waals surface area contributed by atoms with Crippen LogP contribution in [-0.2, 0) is 0 Å². The Morgan fingerprint density at radius 3 is 2.55 bits per heavy atom. The highest BCUT2D eigenvalue weighted by Crippen LogP contribution is 2.25. The lowest BCUT2D eigenvalue weighted by molar-refractivity contribution is 0.102. The van der Waals surface area contributed by atoms with Crippen molar-refractivity contribution in [2.75, 3.05) is 12.4 Å². The zero-order valence-electron chi connectivity index (χ0n) is 11.0. The Morgan fingerprint density at radius 2 is 1.90 bits per heavy atom. The quantitative estimate of drug-likeness (QED) is 0.932. The highest BCUT2D eigenvalue weighted by molar-refractivity contribution is 6.05. The first-order valence-electron chi connectivity index (χ1n) is 5.92. The predicted octanol–water partition coefficient (Wildman–Crippen LogP) is 3.53. The molecule has 0 saturated carbocycles. The third-order valence-corrected chi connectivity index (χ3v) is 2.78. The maximum absolute atomic E-state index is 13.7. The third-order valence-electron chi connectivity index (χ3n) is 2.78. The van der Waals surface area contributed by atoms with Gasteiger partial charge in [0.2, 0.25) is 0 Å². The van der Waals surface area contributed by atoms with Crippen molar-refractivity contribution in [3.63, 3.8) is 0 Å². The van der Waals surface area contributed by atoms with Crippen LogP contribution in [0.1, 0.15) is 15.9 Å². The molecule has 104 valence electrons. The molecule has 0 aliphatic rings. The number of carbonyl (C=O) groups excluding carboxylic acids is 1. The molecule has 20 heavy (non-hydrogen) atoms. The van der Waals surface area contributed by atoms with Crippen molar-refractivity contribution in [3.8, 4) is 5.75 Å². The Bertz CT molecular complexity index is 656. The van der Waals surface area contributed by atoms with Crippen LogP contribution < -0.4 is 10.1 Å². The minimum Gasteiger partial charge on any atom is -0.494 e. The van der Waals surface area contributed by atoms with E-state index in [0.29, 0.717) is 0 Å². The summed E-state index contributed by atoms with van der Waals surface area (Å²) in [7, 11) is 1.36. The van der Waals surface area contributed by atoms with E-state index in [1.165, 1.54) is 31.4 Å². The number of hydrogen-bond donors (Lipinski definition) is 1. The Labute approximate surface area is 115 Å². The SMILES string of the molecule is COc1cc(F)ccc1NC(=O)c1ccc(C)cc1F. The number of anilines is 1. The number of amides is 1. The van der Waals surface area contributed by atoms with Gasteiger partial charge in [-0.15, -0.1) is 0 Å². The molecule has 0 fully saturated rings. The number of halogens is 2. The number of rotatable bonds is 3. The van der Waals surface area contributed by atoms with Crippen LogP contribution in [0.5, 0.6) is 5.75 Å². The number of aryl methyl sites for hydroxylation is 1. The number of hydrogen-bond acceptors (Lipinski definition) is 2. The van der Waals surface area contributed by atoms with Gasteiger partial charge in [0.05, 0.1) is 18.4 Å². The molecule has 2 aromatic carbocycles. The summed E-state index contributed by atoms with van der Waals surface area (Å²) in [5.74, 6) is -1.54. The Kier molecular flexibility index (Phi) is 3.98. The van der Waals surface area contributed by atoms with E-state index in [1.54, 1.807) is 13.0 Å². The fraction of sp³-hybridized carbons (Fsp3) is 0.133. The van der Waals surface area contributed by atoms with Crippen LogP contribution in [0.2, 0.25) is 0 Å². The highest BCUT2D eigenvalue weighted by Gasteiger charge is 2.14. The summed E-state index contributed by atoms with van der Waals surface area (Å²) < 4.78 is 31.7. The molecule has 0 aromatic heterocycles. The normalized spacial score (nSPS) is 10.2. The number of carbonyl (C=O) groups is 1. The first kappa shape index (κ1) is 14.0. The Morgan fingerprint density at radius 1 is 1.15 bits per heavy atom. The number of benzene rings is 2. The van der Waals surface area contributed by atoms with Crippen LogP contribution in [0.15, 0.2) is 36.4 Å². The lowest BCUT2D eigenvalue weighted by Gasteiger charge is -2.10. The standard InChI is InChI=1S/C15H13F2NO2/c1-9-3-5-11(12(17)7-9)15(19)18-13-6-4-10(16)8-14(13)20-2/h3-8H,1-2H3,(H,18,19). The van der Waals surface area contributed by atoms with Crippen molar-refractivity contribution in [1.82, 2.24) is 0 Å². The second kappa shape index (κ2) is 5.69. The van der Waals surface area contributed by atoms with Gasteiger partial charge in [-0.25, -0.2) is 8.78 Å². The lowest BCUT2D eigenvalue weighted by Crippen LogP contribution is -2.14. The first-order chi connectivity index (χ1) is 9.51. The molecule has 0 spiro atoms. The Balaban J connectivity index is 2.28. The molecule has 0 bridgehead atoms. The van der Waals surface area contributed by atoms with Gasteiger partial charge in [-0.1, -0.05) is 6.07 Å². The van der Waals surface area contributed by atoms with E-state index in [-0.39, 0.29) is 17.0 Å². The van der Waals surface area contributed by atoms with E-state index in [0.717, 1.165) is 11.6 Å². The molecule has 1 N–H and O–H groups in total. The first-order valence-corrected chi connectivity index (χ1v) is 5.92. The fourth-order valence-electron chi connectivity index (χ4n) is 1.76. The van der Waals surface area contributed by atoms with Crippen molar-refractivity contribution in [2.24, 2.45) is 0 Å². The summed E-state index contributed by atoms with van der Waals surface area (Å²) in [4.78, 5) is 12.0. The van der Waals surface area contributed by atoms with E-state index >= 15 is 0 Å². The van der Waals surface area contributed by atoms with Gasteiger partial charge in [-0.05, 0) is 36.8 Å². The molecular formula is C15H13F2NO2. The molecule has 0 saturated heterocycles. The van der Waals surface area contributed by atoms with Crippen molar-refractivity contribution in [2.45, 2.75) is 6.92 Å². The molecular weight excluding hydrogens is 264 g/mol. The average molecular weight is 277 g/mol. The summed E-state index contributed by atoms with van der Waals surface area (Å²) in [5, 5.41) is 2.49. The van der Waals surface area contributed by atoms with Gasteiger partial charge in [0.1, 0.15) is 17.4 Å². The highest BCUT2D eigenvalue weighted by atomic mass is 19.1. The molecule has 0 aliphatic heterocycles. The summed E-state index contributed by atoms with van der Waals surface area (Å²) in [6, 6.07) is 8.00. The smallest absolute Gasteiger partial charge is 0.258 e. The maximum Gasteiger partial charge on any atom is 0.258 e. The summed E-state index contributed by atoms with van der Waals surface area (Å²) in [6.07, 6.45) is 0. The summed E-state index contributed by atoms with van der Waals surface area (Å²) >= 11 is 0. The fourth-order valence-corrected chi connectivity index (χ4v) is 1.76. The average Bonchev–Trinajstić information content (AvgIpc) is 2.40. The molecule has 0 atom stereocenters. The predicted molar refractivity (Wildman–Crippen MR) is 72.0 cm³/mol. The van der Waals surface area contributed by atoms with Crippen LogP contribution in [0, 0.1) is 18.6 Å². The number of ether oxygens (including phenoxy) is 1. The second-order valence-corrected chi connectivity index (χ2v) is 4.28. The minimum atomic E-state index is -0.618. The van der Waals surface area contributed by atoms with Crippen LogP contribution in [0.3, 0.4) is 0 Å². The van der Waals surface area contributed by atoms with E-state index in [1.807, 2.05) is 0 Å². The molecule has 5 heteroatoms. The summed E-state index contributed by atoms with van der Waals surface area (Å²) in [6.45, 7) is 1.73. The number of methoxy groups -OCH3 is 1. The van der Waals surface area contributed by atoms with Gasteiger partial charge < -0.3 is 10.1 Å². The second-order valence-electron chi connectivity index (χ2n) is 4.28. The van der Waals surface area contributed by atoms with Crippen LogP contribution in [-0.4, -0.2) is 13.0 Å². The Hall–Kier alpha value is -2.43. The van der Waals surface area contributed by atoms with E-state index in [9.17, 15) is 13.6 Å². The largest absolute Gasteiger partial charge is 0.494 e. The molecule has 1 amide bonds. The third kappa shape index (κ3) is 2.93. The van der Waals surface area contributed by atoms with Gasteiger partial charge in [-0.3, -0.25) is 4.79 Å². The molecule has 0 radical (unpaired) electrons. The van der Waals surface area contributed by atoms with Crippen LogP contribution in [0.25, 0.3) is 0 Å². The topological polar surface area (TPSA) is 38.3 Å². The van der Waals surface area contributed by atoms with Gasteiger partial charge in [0.15, 0.2) is 0 Å². The zero-order chi connectivity index (χ0) is 14.7. The number of nitrogens with one attached hydrogen (secondary N) is 1. The van der Waals surface area contributed by atoms with Crippen molar-refractivity contribution in [1.29, 1.82) is 0 Å². The maximum atomic E-state index is 13.7. The summed E-state index contributed by atoms with van der Waals surface area (Å²) in [5.41, 5.74) is 0.916. The molecule has 2 aromatic rings. The van der Waals surface area contributed by atoms with Gasteiger partial charge >= 0.3 is 0 Å². The zero-order valence-corrected chi connectivity index (χ0v) is 11.0. The van der Waals surface area contributed by atoms with Crippen molar-refractivity contribution in [3.05, 3.63) is 59.2 Å². The van der Waals surface area contributed by atoms with Gasteiger partial charge in [0, 0.05) is 6.07 Å². The molecule has 0 unspecified atom stereocenters. The van der Waals surface area contributed by atoms with Gasteiger partial charge in [-0.2, -0.15) is 0 Å². The van der Waals surface area contributed by atoms with E-state index in [4.69, 9.17) is 4.74 Å². The lowest BCUT2D eigenvalue weighted by atomic mass is 10.1. The van der Waals surface area contributed by atoms with E-state index in [2.05, 4.69) is 5.32 Å². The monoisotopic (exact) mass is 277 g/mol. The van der Waals surface area contributed by atoms with Crippen molar-refractivity contribution >= 4 is 11.6 Å². The van der Waals surface area contributed by atoms with Crippen molar-refractivity contribution < 1.29 is 18.3 Å². The van der Waals surface area contributed by atoms with E-state index < -0.39 is 17.5 Å². The molecule has 0 heterocycles. The molecule has 2 rings (SSSR count). The van der Waals surface area contributed by atoms with Gasteiger partial charge in [0.25, 0.3) is 5.91 Å².